The summed E-state index contributed by atoms with van der Waals surface area (Å²) in [6.07, 6.45) is 0.145. The first-order valence-electron chi connectivity index (χ1n) is 4.84. The Bertz CT molecular complexity index is 222. The van der Waals surface area contributed by atoms with Crippen molar-refractivity contribution >= 4 is 14.0 Å². The van der Waals surface area contributed by atoms with Crippen LogP contribution in [0.1, 0.15) is 20.8 Å². The van der Waals surface area contributed by atoms with E-state index in [-0.39, 0.29) is 23.0 Å². The molecule has 2 atom stereocenters. The highest BCUT2D eigenvalue weighted by Crippen LogP contribution is 2.45. The molecule has 0 radical (unpaired) electrons. The smallest absolute Gasteiger partial charge is 0.310 e. The van der Waals surface area contributed by atoms with E-state index in [1.165, 1.54) is 0 Å². The highest BCUT2D eigenvalue weighted by atomic mass is 28.3. The Morgan fingerprint density at radius 1 is 1.23 bits per heavy atom. The second kappa shape index (κ2) is 2.84. The standard InChI is InChI=1S/C10H20O2Si/c1-10(2,3)8-7(9(11)12-8)13(4,5)6/h7-8H,1-6H3/t7-,8-/m0/s1. The van der Waals surface area contributed by atoms with E-state index >= 15 is 0 Å². The summed E-state index contributed by atoms with van der Waals surface area (Å²) in [5.41, 5.74) is 0.297. The molecular formula is C10H20O2Si. The summed E-state index contributed by atoms with van der Waals surface area (Å²) in [4.78, 5) is 11.3. The molecule has 1 fully saturated rings. The normalized spacial score (nSPS) is 29.5. The molecule has 0 N–H and O–H groups in total. The Kier molecular flexibility index (Phi) is 2.35. The van der Waals surface area contributed by atoms with Crippen molar-refractivity contribution in [2.24, 2.45) is 5.41 Å². The molecule has 0 aromatic rings. The van der Waals surface area contributed by atoms with Crippen LogP contribution < -0.4 is 0 Å². The fraction of sp³-hybridized carbons (Fsp3) is 0.900. The van der Waals surface area contributed by atoms with Crippen LogP contribution in [-0.2, 0) is 9.53 Å². The first-order valence-corrected chi connectivity index (χ1v) is 8.42. The van der Waals surface area contributed by atoms with Crippen LogP contribution in [0.25, 0.3) is 0 Å². The first kappa shape index (κ1) is 10.8. The van der Waals surface area contributed by atoms with E-state index in [4.69, 9.17) is 4.74 Å². The minimum absolute atomic E-state index is 0.0269. The molecular weight excluding hydrogens is 180 g/mol. The van der Waals surface area contributed by atoms with Crippen molar-refractivity contribution in [3.63, 3.8) is 0 Å². The van der Waals surface area contributed by atoms with Crippen LogP contribution in [0, 0.1) is 5.41 Å². The van der Waals surface area contributed by atoms with E-state index in [0.717, 1.165) is 0 Å². The molecule has 1 saturated heterocycles. The van der Waals surface area contributed by atoms with Gasteiger partial charge in [0.2, 0.25) is 0 Å². The number of esters is 1. The number of hydrogen-bond donors (Lipinski definition) is 0. The second-order valence-corrected chi connectivity index (χ2v) is 11.4. The van der Waals surface area contributed by atoms with Gasteiger partial charge in [0.25, 0.3) is 0 Å². The zero-order chi connectivity index (χ0) is 10.4. The van der Waals surface area contributed by atoms with Gasteiger partial charge in [-0.3, -0.25) is 4.79 Å². The van der Waals surface area contributed by atoms with Crippen LogP contribution in [0.3, 0.4) is 0 Å². The van der Waals surface area contributed by atoms with Crippen LogP contribution in [0.15, 0.2) is 0 Å². The number of cyclic esters (lactones) is 1. The molecule has 76 valence electrons. The monoisotopic (exact) mass is 200 g/mol. The van der Waals surface area contributed by atoms with Gasteiger partial charge < -0.3 is 4.74 Å². The van der Waals surface area contributed by atoms with Crippen molar-refractivity contribution in [1.29, 1.82) is 0 Å². The summed E-state index contributed by atoms with van der Waals surface area (Å²) in [6, 6.07) is 0. The SMILES string of the molecule is CC(C)(C)[C@H]1OC(=O)[C@H]1[Si](C)(C)C. The molecule has 1 heterocycles. The quantitative estimate of drug-likeness (QED) is 0.480. The molecule has 1 aliphatic heterocycles. The van der Waals surface area contributed by atoms with Gasteiger partial charge in [-0.15, -0.1) is 0 Å². The van der Waals surface area contributed by atoms with E-state index in [9.17, 15) is 4.79 Å². The Morgan fingerprint density at radius 3 is 1.85 bits per heavy atom. The highest BCUT2D eigenvalue weighted by Gasteiger charge is 2.54. The van der Waals surface area contributed by atoms with E-state index in [1.807, 2.05) is 0 Å². The highest BCUT2D eigenvalue weighted by molar-refractivity contribution is 6.81. The van der Waals surface area contributed by atoms with Crippen LogP contribution in [0.2, 0.25) is 25.2 Å². The summed E-state index contributed by atoms with van der Waals surface area (Å²) in [7, 11) is -1.38. The third kappa shape index (κ3) is 1.95. The molecule has 0 bridgehead atoms. The molecule has 0 spiro atoms. The van der Waals surface area contributed by atoms with Crippen LogP contribution >= 0.6 is 0 Å². The molecule has 3 heteroatoms. The maximum Gasteiger partial charge on any atom is 0.310 e. The van der Waals surface area contributed by atoms with Gasteiger partial charge in [-0.1, -0.05) is 40.4 Å². The predicted octanol–water partition coefficient (Wildman–Crippen LogP) is 2.67. The van der Waals surface area contributed by atoms with E-state index in [1.54, 1.807) is 0 Å². The Morgan fingerprint density at radius 2 is 1.69 bits per heavy atom. The average Bonchev–Trinajstić information content (AvgIpc) is 1.75. The van der Waals surface area contributed by atoms with Crippen molar-refractivity contribution in [2.75, 3.05) is 0 Å². The van der Waals surface area contributed by atoms with Gasteiger partial charge in [0.05, 0.1) is 13.6 Å². The topological polar surface area (TPSA) is 26.3 Å². The number of rotatable bonds is 1. The third-order valence-electron chi connectivity index (χ3n) is 2.59. The number of ether oxygens (including phenoxy) is 1. The molecule has 13 heavy (non-hydrogen) atoms. The molecule has 0 aromatic carbocycles. The van der Waals surface area contributed by atoms with Gasteiger partial charge in [0.15, 0.2) is 0 Å². The lowest BCUT2D eigenvalue weighted by molar-refractivity contribution is -0.180. The van der Waals surface area contributed by atoms with Crippen LogP contribution in [0.4, 0.5) is 0 Å². The largest absolute Gasteiger partial charge is 0.461 e. The number of carbonyl (C=O) groups is 1. The van der Waals surface area contributed by atoms with Gasteiger partial charge in [-0.05, 0) is 5.41 Å². The molecule has 0 aromatic heterocycles. The lowest BCUT2D eigenvalue weighted by Gasteiger charge is -2.48. The minimum atomic E-state index is -1.38. The summed E-state index contributed by atoms with van der Waals surface area (Å²) in [5, 5.41) is 0. The van der Waals surface area contributed by atoms with E-state index in [0.29, 0.717) is 0 Å². The lowest BCUT2D eigenvalue weighted by Crippen LogP contribution is -2.57. The molecule has 0 aliphatic carbocycles. The zero-order valence-corrected chi connectivity index (χ0v) is 10.5. The summed E-state index contributed by atoms with van der Waals surface area (Å²) >= 11 is 0. The molecule has 2 nitrogen and oxygen atoms in total. The fourth-order valence-corrected chi connectivity index (χ4v) is 4.05. The molecule has 1 aliphatic rings. The number of carbonyl (C=O) groups excluding carboxylic acids is 1. The molecule has 0 saturated carbocycles. The van der Waals surface area contributed by atoms with Gasteiger partial charge in [0, 0.05) is 0 Å². The van der Waals surface area contributed by atoms with Crippen LogP contribution in [0.5, 0.6) is 0 Å². The van der Waals surface area contributed by atoms with Gasteiger partial charge in [0.1, 0.15) is 6.10 Å². The van der Waals surface area contributed by atoms with Gasteiger partial charge >= 0.3 is 5.97 Å². The van der Waals surface area contributed by atoms with Crippen molar-refractivity contribution < 1.29 is 9.53 Å². The summed E-state index contributed by atoms with van der Waals surface area (Å²) in [6.45, 7) is 13.1. The first-order chi connectivity index (χ1) is 5.64. The number of hydrogen-bond acceptors (Lipinski definition) is 2. The van der Waals surface area contributed by atoms with Crippen molar-refractivity contribution in [1.82, 2.24) is 0 Å². The summed E-state index contributed by atoms with van der Waals surface area (Å²) < 4.78 is 5.24. The van der Waals surface area contributed by atoms with Crippen molar-refractivity contribution in [3.8, 4) is 0 Å². The minimum Gasteiger partial charge on any atom is -0.461 e. The Labute approximate surface area is 81.7 Å². The van der Waals surface area contributed by atoms with E-state index < -0.39 is 8.07 Å². The Balaban J connectivity index is 2.79. The molecule has 0 amide bonds. The molecule has 0 unspecified atom stereocenters. The summed E-state index contributed by atoms with van der Waals surface area (Å²) in [5.74, 6) is 0.0269. The lowest BCUT2D eigenvalue weighted by atomic mass is 9.84. The Hall–Kier alpha value is -0.313. The fourth-order valence-electron chi connectivity index (χ4n) is 1.80. The average molecular weight is 200 g/mol. The second-order valence-electron chi connectivity index (χ2n) is 6.07. The molecule has 1 rings (SSSR count). The predicted molar refractivity (Wildman–Crippen MR) is 56.4 cm³/mol. The van der Waals surface area contributed by atoms with Gasteiger partial charge in [-0.2, -0.15) is 0 Å². The van der Waals surface area contributed by atoms with E-state index in [2.05, 4.69) is 40.4 Å². The maximum absolute atomic E-state index is 11.3. The maximum atomic E-state index is 11.3. The van der Waals surface area contributed by atoms with Crippen LogP contribution in [-0.4, -0.2) is 20.1 Å². The van der Waals surface area contributed by atoms with Crippen molar-refractivity contribution in [2.45, 2.75) is 52.1 Å². The van der Waals surface area contributed by atoms with Crippen molar-refractivity contribution in [3.05, 3.63) is 0 Å². The third-order valence-corrected chi connectivity index (χ3v) is 4.99. The zero-order valence-electron chi connectivity index (χ0n) is 9.47. The van der Waals surface area contributed by atoms with Gasteiger partial charge in [-0.25, -0.2) is 0 Å².